The van der Waals surface area contributed by atoms with Gasteiger partial charge in [-0.05, 0) is 55.7 Å². The number of benzene rings is 3. The summed E-state index contributed by atoms with van der Waals surface area (Å²) in [7, 11) is -3.81. The van der Waals surface area contributed by atoms with Crippen molar-refractivity contribution in [3.63, 3.8) is 0 Å². The van der Waals surface area contributed by atoms with Crippen molar-refractivity contribution in [2.75, 3.05) is 24.2 Å². The van der Waals surface area contributed by atoms with Gasteiger partial charge in [0.2, 0.25) is 6.79 Å². The second kappa shape index (κ2) is 10.4. The lowest BCUT2D eigenvalue weighted by Gasteiger charge is -2.30. The van der Waals surface area contributed by atoms with Crippen molar-refractivity contribution in [2.45, 2.75) is 31.2 Å². The molecule has 2 aliphatic rings. The summed E-state index contributed by atoms with van der Waals surface area (Å²) in [6.07, 6.45) is 1.56. The molecule has 0 radical (unpaired) electrons. The molecular formula is C28H25N3O7S2. The Hall–Kier alpha value is -4.16. The van der Waals surface area contributed by atoms with Gasteiger partial charge in [-0.25, -0.2) is 8.42 Å². The Morgan fingerprint density at radius 3 is 2.58 bits per heavy atom. The zero-order valence-electron chi connectivity index (χ0n) is 21.5. The number of amides is 1. The molecule has 0 N–H and O–H groups in total. The molecule has 0 atom stereocenters. The zero-order valence-corrected chi connectivity index (χ0v) is 23.2. The third-order valence-electron chi connectivity index (χ3n) is 6.72. The molecule has 12 heteroatoms. The van der Waals surface area contributed by atoms with E-state index in [9.17, 15) is 18.0 Å². The zero-order chi connectivity index (χ0) is 27.9. The molecule has 6 rings (SSSR count). The summed E-state index contributed by atoms with van der Waals surface area (Å²) in [5.41, 5.74) is 2.54. The van der Waals surface area contributed by atoms with E-state index in [1.165, 1.54) is 39.9 Å². The number of nitrogens with zero attached hydrogens (tertiary/aromatic N) is 3. The summed E-state index contributed by atoms with van der Waals surface area (Å²) in [5, 5.41) is 0. The van der Waals surface area contributed by atoms with Gasteiger partial charge in [-0.1, -0.05) is 29.5 Å². The van der Waals surface area contributed by atoms with Crippen LogP contribution in [0.4, 0.5) is 5.69 Å². The number of thiazole rings is 1. The topological polar surface area (TPSA) is 117 Å². The van der Waals surface area contributed by atoms with Crippen molar-refractivity contribution in [3.05, 3.63) is 76.6 Å². The van der Waals surface area contributed by atoms with Crippen molar-refractivity contribution in [3.8, 4) is 11.5 Å². The third-order valence-corrected chi connectivity index (χ3v) is 9.59. The summed E-state index contributed by atoms with van der Waals surface area (Å²) in [4.78, 5) is 30.2. The number of carbonyl (C=O) groups is 2. The smallest absolute Gasteiger partial charge is 0.326 e. The second-order valence-electron chi connectivity index (χ2n) is 9.20. The van der Waals surface area contributed by atoms with Gasteiger partial charge >= 0.3 is 5.97 Å². The van der Waals surface area contributed by atoms with Crippen LogP contribution in [0.1, 0.15) is 29.3 Å². The summed E-state index contributed by atoms with van der Waals surface area (Å²) < 4.78 is 46.8. The van der Waals surface area contributed by atoms with E-state index >= 15 is 0 Å². The molecule has 1 amide bonds. The normalized spacial score (nSPS) is 14.8. The van der Waals surface area contributed by atoms with Gasteiger partial charge in [0, 0.05) is 24.2 Å². The highest BCUT2D eigenvalue weighted by Crippen LogP contribution is 2.37. The third kappa shape index (κ3) is 4.73. The summed E-state index contributed by atoms with van der Waals surface area (Å²) in [6.45, 7) is 2.29. The lowest BCUT2D eigenvalue weighted by atomic mass is 10.0. The Labute approximate surface area is 234 Å². The molecule has 0 fully saturated rings. The predicted octanol–water partition coefficient (Wildman–Crippen LogP) is 3.88. The lowest BCUT2D eigenvalue weighted by Crippen LogP contribution is -2.35. The van der Waals surface area contributed by atoms with Crippen LogP contribution < -0.4 is 18.6 Å². The van der Waals surface area contributed by atoms with Crippen LogP contribution in [0.25, 0.3) is 10.2 Å². The first-order chi connectivity index (χ1) is 19.3. The van der Waals surface area contributed by atoms with Crippen LogP contribution >= 0.6 is 11.3 Å². The minimum Gasteiger partial charge on any atom is -0.465 e. The maximum atomic E-state index is 13.5. The number of rotatable bonds is 6. The summed E-state index contributed by atoms with van der Waals surface area (Å²) in [5.74, 6) is 0.0658. The van der Waals surface area contributed by atoms with E-state index in [4.69, 9.17) is 14.2 Å². The quantitative estimate of drug-likeness (QED) is 0.318. The Balaban J connectivity index is 1.33. The number of esters is 1. The molecule has 40 heavy (non-hydrogen) atoms. The molecule has 3 aromatic carbocycles. The average Bonchev–Trinajstić information content (AvgIpc) is 3.55. The van der Waals surface area contributed by atoms with Gasteiger partial charge in [-0.15, -0.1) is 0 Å². The van der Waals surface area contributed by atoms with Crippen LogP contribution in [0.5, 0.6) is 11.5 Å². The average molecular weight is 580 g/mol. The van der Waals surface area contributed by atoms with E-state index in [0.29, 0.717) is 34.0 Å². The number of aryl methyl sites for hydroxylation is 1. The molecule has 0 saturated heterocycles. The number of para-hydroxylation sites is 1. The van der Waals surface area contributed by atoms with E-state index in [0.717, 1.165) is 23.1 Å². The van der Waals surface area contributed by atoms with Gasteiger partial charge in [-0.2, -0.15) is 4.99 Å². The van der Waals surface area contributed by atoms with E-state index < -0.39 is 21.9 Å². The number of carbonyl (C=O) groups excluding carboxylic acids is 2. The van der Waals surface area contributed by atoms with Crippen molar-refractivity contribution in [2.24, 2.45) is 4.99 Å². The maximum Gasteiger partial charge on any atom is 0.326 e. The summed E-state index contributed by atoms with van der Waals surface area (Å²) >= 11 is 1.22. The van der Waals surface area contributed by atoms with Gasteiger partial charge in [0.15, 0.2) is 16.3 Å². The SMILES string of the molecule is CCOC(=O)Cn1c(=NC(=O)c2ccc(S(=O)(=O)N3CCCc4ccccc43)cc2)sc2cc3c(cc21)OCO3. The van der Waals surface area contributed by atoms with Gasteiger partial charge in [0.25, 0.3) is 15.9 Å². The molecule has 0 aliphatic carbocycles. The van der Waals surface area contributed by atoms with Crippen LogP contribution in [0.3, 0.4) is 0 Å². The first-order valence-corrected chi connectivity index (χ1v) is 15.0. The highest BCUT2D eigenvalue weighted by molar-refractivity contribution is 7.92. The predicted molar refractivity (Wildman–Crippen MR) is 148 cm³/mol. The Bertz CT molecular complexity index is 1810. The van der Waals surface area contributed by atoms with Crippen molar-refractivity contribution in [1.82, 2.24) is 4.57 Å². The van der Waals surface area contributed by atoms with Crippen molar-refractivity contribution in [1.29, 1.82) is 0 Å². The number of ether oxygens (including phenoxy) is 3. The van der Waals surface area contributed by atoms with E-state index in [1.807, 2.05) is 24.3 Å². The molecule has 0 saturated carbocycles. The number of fused-ring (bicyclic) bond motifs is 3. The highest BCUT2D eigenvalue weighted by Gasteiger charge is 2.29. The van der Waals surface area contributed by atoms with E-state index in [2.05, 4.69) is 4.99 Å². The van der Waals surface area contributed by atoms with Crippen molar-refractivity contribution < 1.29 is 32.2 Å². The summed E-state index contributed by atoms with van der Waals surface area (Å²) in [6, 6.07) is 16.8. The number of sulfonamides is 1. The fourth-order valence-electron chi connectivity index (χ4n) is 4.83. The van der Waals surface area contributed by atoms with E-state index in [-0.39, 0.29) is 30.4 Å². The van der Waals surface area contributed by atoms with Gasteiger partial charge in [0.05, 0.1) is 27.4 Å². The number of aromatic nitrogens is 1. The Morgan fingerprint density at radius 1 is 1.05 bits per heavy atom. The molecule has 0 spiro atoms. The van der Waals surface area contributed by atoms with Crippen LogP contribution in [0.2, 0.25) is 0 Å². The molecule has 206 valence electrons. The fraction of sp³-hybridized carbons (Fsp3) is 0.250. The van der Waals surface area contributed by atoms with Crippen LogP contribution in [-0.4, -0.2) is 44.8 Å². The molecular weight excluding hydrogens is 554 g/mol. The standard InChI is InChI=1S/C28H25N3O7S2/c1-2-36-26(32)16-30-22-14-23-24(38-17-37-23)15-25(22)39-28(30)29-27(33)19-9-11-20(12-10-19)40(34,35)31-13-5-7-18-6-3-4-8-21(18)31/h3-4,6,8-12,14-15H,2,5,7,13,16-17H2,1H3. The molecule has 4 aromatic rings. The van der Waals surface area contributed by atoms with Gasteiger partial charge in [-0.3, -0.25) is 13.9 Å². The van der Waals surface area contributed by atoms with Crippen LogP contribution in [0.15, 0.2) is 70.6 Å². The molecule has 0 bridgehead atoms. The number of hydrogen-bond acceptors (Lipinski definition) is 8. The van der Waals surface area contributed by atoms with Gasteiger partial charge in [0.1, 0.15) is 6.54 Å². The molecule has 2 aliphatic heterocycles. The first-order valence-electron chi connectivity index (χ1n) is 12.7. The highest BCUT2D eigenvalue weighted by atomic mass is 32.2. The Kier molecular flexibility index (Phi) is 6.80. The molecule has 1 aromatic heterocycles. The van der Waals surface area contributed by atoms with Crippen molar-refractivity contribution >= 4 is 49.1 Å². The first kappa shape index (κ1) is 26.1. The van der Waals surface area contributed by atoms with E-state index in [1.54, 1.807) is 23.6 Å². The molecule has 0 unspecified atom stereocenters. The fourth-order valence-corrected chi connectivity index (χ4v) is 7.41. The Morgan fingerprint density at radius 2 is 1.80 bits per heavy atom. The maximum absolute atomic E-state index is 13.5. The monoisotopic (exact) mass is 579 g/mol. The number of anilines is 1. The second-order valence-corrected chi connectivity index (χ2v) is 12.1. The van der Waals surface area contributed by atoms with Gasteiger partial charge < -0.3 is 18.8 Å². The molecule has 3 heterocycles. The number of hydrogen-bond donors (Lipinski definition) is 0. The largest absolute Gasteiger partial charge is 0.465 e. The lowest BCUT2D eigenvalue weighted by molar-refractivity contribution is -0.143. The minimum atomic E-state index is -3.81. The van der Waals surface area contributed by atoms with Crippen LogP contribution in [-0.2, 0) is 32.5 Å². The van der Waals surface area contributed by atoms with Crippen LogP contribution in [0, 0.1) is 0 Å². The molecule has 10 nitrogen and oxygen atoms in total. The minimum absolute atomic E-state index is 0.0921.